The van der Waals surface area contributed by atoms with Crippen molar-refractivity contribution in [2.75, 3.05) is 25.4 Å². The van der Waals surface area contributed by atoms with E-state index >= 15 is 0 Å². The van der Waals surface area contributed by atoms with Crippen molar-refractivity contribution >= 4 is 23.6 Å². The first-order valence-corrected chi connectivity index (χ1v) is 9.38. The van der Waals surface area contributed by atoms with Crippen LogP contribution in [-0.2, 0) is 22.6 Å². The molecular formula is C16H26N5O2S+. The minimum Gasteiger partial charge on any atom is -0.335 e. The van der Waals surface area contributed by atoms with E-state index in [0.717, 1.165) is 18.8 Å². The number of imide groups is 1. The summed E-state index contributed by atoms with van der Waals surface area (Å²) in [5, 5.41) is 11.4. The number of thioether (sulfide) groups is 1. The van der Waals surface area contributed by atoms with Gasteiger partial charge in [-0.15, -0.1) is 16.8 Å². The summed E-state index contributed by atoms with van der Waals surface area (Å²) in [4.78, 5) is 24.1. The molecule has 0 aromatic carbocycles. The highest BCUT2D eigenvalue weighted by atomic mass is 32.2. The standard InChI is InChI=1S/C16H25N5O2S/c1-3-8-21-14(7-11-20-9-5-4-6-10-20)18-19-16(21)24-12-15(23)17-13(2)22/h3H,1,4-12H2,2H3,(H,17,22,23)/p+1. The van der Waals surface area contributed by atoms with Crippen molar-refractivity contribution < 1.29 is 14.5 Å². The second-order valence-electron chi connectivity index (χ2n) is 6.00. The molecule has 2 amide bonds. The minimum absolute atomic E-state index is 0.145. The number of allylic oxidation sites excluding steroid dienone is 1. The van der Waals surface area contributed by atoms with E-state index < -0.39 is 0 Å². The molecule has 132 valence electrons. The van der Waals surface area contributed by atoms with Crippen molar-refractivity contribution in [2.24, 2.45) is 0 Å². The Labute approximate surface area is 146 Å². The third-order valence-electron chi connectivity index (χ3n) is 4.02. The fourth-order valence-corrected chi connectivity index (χ4v) is 3.64. The zero-order valence-electron chi connectivity index (χ0n) is 14.2. The first-order valence-electron chi connectivity index (χ1n) is 8.40. The van der Waals surface area contributed by atoms with Crippen LogP contribution in [0.5, 0.6) is 0 Å². The van der Waals surface area contributed by atoms with Gasteiger partial charge in [0.15, 0.2) is 5.16 Å². The van der Waals surface area contributed by atoms with Crippen LogP contribution < -0.4 is 10.2 Å². The van der Waals surface area contributed by atoms with Crippen LogP contribution in [-0.4, -0.2) is 52.0 Å². The number of hydrogen-bond donors (Lipinski definition) is 2. The van der Waals surface area contributed by atoms with Crippen molar-refractivity contribution in [3.63, 3.8) is 0 Å². The summed E-state index contributed by atoms with van der Waals surface area (Å²) < 4.78 is 2.00. The van der Waals surface area contributed by atoms with Crippen LogP contribution in [0.25, 0.3) is 0 Å². The van der Waals surface area contributed by atoms with Crippen LogP contribution in [0.15, 0.2) is 17.8 Å². The fraction of sp³-hybridized carbons (Fsp3) is 0.625. The maximum Gasteiger partial charge on any atom is 0.237 e. The molecule has 0 unspecified atom stereocenters. The number of rotatable bonds is 8. The number of aromatic nitrogens is 3. The molecule has 8 heteroatoms. The van der Waals surface area contributed by atoms with Crippen molar-refractivity contribution in [2.45, 2.75) is 44.3 Å². The number of piperidine rings is 1. The highest BCUT2D eigenvalue weighted by Crippen LogP contribution is 2.17. The third-order valence-corrected chi connectivity index (χ3v) is 4.98. The molecule has 0 aliphatic carbocycles. The lowest BCUT2D eigenvalue weighted by Gasteiger charge is -2.23. The van der Waals surface area contributed by atoms with E-state index in [-0.39, 0.29) is 17.6 Å². The largest absolute Gasteiger partial charge is 0.335 e. The van der Waals surface area contributed by atoms with Gasteiger partial charge in [0.1, 0.15) is 5.82 Å². The Morgan fingerprint density at radius 1 is 1.33 bits per heavy atom. The summed E-state index contributed by atoms with van der Waals surface area (Å²) >= 11 is 1.29. The number of nitrogens with zero attached hydrogens (tertiary/aromatic N) is 3. The van der Waals surface area contributed by atoms with Gasteiger partial charge in [-0.05, 0) is 19.3 Å². The second-order valence-corrected chi connectivity index (χ2v) is 6.94. The zero-order valence-corrected chi connectivity index (χ0v) is 15.0. The highest BCUT2D eigenvalue weighted by Gasteiger charge is 2.17. The van der Waals surface area contributed by atoms with Crippen molar-refractivity contribution in [3.8, 4) is 0 Å². The fourth-order valence-electron chi connectivity index (χ4n) is 2.88. The molecule has 0 bridgehead atoms. The second kappa shape index (κ2) is 9.58. The van der Waals surface area contributed by atoms with Gasteiger partial charge < -0.3 is 9.47 Å². The molecule has 0 radical (unpaired) electrons. The lowest BCUT2D eigenvalue weighted by atomic mass is 10.1. The van der Waals surface area contributed by atoms with Crippen LogP contribution in [0.1, 0.15) is 32.0 Å². The number of carbonyl (C=O) groups excluding carboxylic acids is 2. The Hall–Kier alpha value is -1.67. The summed E-state index contributed by atoms with van der Waals surface area (Å²) in [6.07, 6.45) is 6.64. The maximum absolute atomic E-state index is 11.6. The number of quaternary nitrogens is 1. The Kier molecular flexibility index (Phi) is 7.45. The molecular weight excluding hydrogens is 326 g/mol. The Balaban J connectivity index is 1.93. The molecule has 2 N–H and O–H groups in total. The topological polar surface area (TPSA) is 81.3 Å². The monoisotopic (exact) mass is 352 g/mol. The lowest BCUT2D eigenvalue weighted by molar-refractivity contribution is -0.904. The minimum atomic E-state index is -0.349. The number of hydrogen-bond acceptors (Lipinski definition) is 5. The summed E-state index contributed by atoms with van der Waals surface area (Å²) in [5.41, 5.74) is 0. The van der Waals surface area contributed by atoms with Crippen molar-refractivity contribution in [1.29, 1.82) is 0 Å². The predicted octanol–water partition coefficient (Wildman–Crippen LogP) is -0.170. The molecule has 1 aliphatic heterocycles. The molecule has 1 aromatic heterocycles. The van der Waals surface area contributed by atoms with E-state index in [4.69, 9.17) is 0 Å². The molecule has 0 saturated carbocycles. The van der Waals surface area contributed by atoms with E-state index in [0.29, 0.717) is 11.7 Å². The normalized spacial score (nSPS) is 15.2. The van der Waals surface area contributed by atoms with Gasteiger partial charge in [0.05, 0.1) is 31.8 Å². The van der Waals surface area contributed by atoms with Gasteiger partial charge in [-0.25, -0.2) is 0 Å². The molecule has 1 fully saturated rings. The van der Waals surface area contributed by atoms with Crippen LogP contribution in [0.4, 0.5) is 0 Å². The molecule has 2 heterocycles. The van der Waals surface area contributed by atoms with Gasteiger partial charge in [0.25, 0.3) is 0 Å². The quantitative estimate of drug-likeness (QED) is 0.502. The Bertz CT molecular complexity index is 581. The molecule has 1 aromatic rings. The average Bonchev–Trinajstić information content (AvgIpc) is 2.94. The SMILES string of the molecule is C=CCn1c(CC[NH+]2CCCCC2)nnc1SCC(=O)NC(C)=O. The van der Waals surface area contributed by atoms with E-state index in [2.05, 4.69) is 22.1 Å². The van der Waals surface area contributed by atoms with Crippen molar-refractivity contribution in [3.05, 3.63) is 18.5 Å². The van der Waals surface area contributed by atoms with Crippen LogP contribution in [0.3, 0.4) is 0 Å². The predicted molar refractivity (Wildman–Crippen MR) is 92.9 cm³/mol. The summed E-state index contributed by atoms with van der Waals surface area (Å²) in [6.45, 7) is 9.27. The Morgan fingerprint density at radius 3 is 2.75 bits per heavy atom. The van der Waals surface area contributed by atoms with Gasteiger partial charge >= 0.3 is 0 Å². The molecule has 7 nitrogen and oxygen atoms in total. The van der Waals surface area contributed by atoms with Gasteiger partial charge in [-0.3, -0.25) is 14.9 Å². The van der Waals surface area contributed by atoms with Crippen molar-refractivity contribution in [1.82, 2.24) is 20.1 Å². The van der Waals surface area contributed by atoms with Gasteiger partial charge in [0, 0.05) is 13.5 Å². The number of likely N-dealkylation sites (tertiary alicyclic amines) is 1. The molecule has 0 spiro atoms. The zero-order chi connectivity index (χ0) is 17.4. The van der Waals surface area contributed by atoms with Gasteiger partial charge in [0.2, 0.25) is 11.8 Å². The number of nitrogens with one attached hydrogen (secondary N) is 2. The van der Waals surface area contributed by atoms with E-state index in [1.807, 2.05) is 4.57 Å². The van der Waals surface area contributed by atoms with E-state index in [9.17, 15) is 9.59 Å². The van der Waals surface area contributed by atoms with Crippen LogP contribution in [0, 0.1) is 0 Å². The van der Waals surface area contributed by atoms with Gasteiger partial charge in [-0.2, -0.15) is 0 Å². The number of amides is 2. The summed E-state index contributed by atoms with van der Waals surface area (Å²) in [6, 6.07) is 0. The smallest absolute Gasteiger partial charge is 0.237 e. The van der Waals surface area contributed by atoms with Crippen LogP contribution >= 0.6 is 11.8 Å². The first-order chi connectivity index (χ1) is 11.6. The van der Waals surface area contributed by atoms with E-state index in [1.165, 1.54) is 51.0 Å². The first kappa shape index (κ1) is 18.7. The Morgan fingerprint density at radius 2 is 2.08 bits per heavy atom. The average molecular weight is 352 g/mol. The summed E-state index contributed by atoms with van der Waals surface area (Å²) in [5.74, 6) is 0.410. The molecule has 0 atom stereocenters. The third kappa shape index (κ3) is 5.76. The van der Waals surface area contributed by atoms with Gasteiger partial charge in [-0.1, -0.05) is 17.8 Å². The van der Waals surface area contributed by atoms with Crippen LogP contribution in [0.2, 0.25) is 0 Å². The van der Waals surface area contributed by atoms with E-state index in [1.54, 1.807) is 11.0 Å². The molecule has 1 saturated heterocycles. The highest BCUT2D eigenvalue weighted by molar-refractivity contribution is 7.99. The number of carbonyl (C=O) groups is 2. The molecule has 1 aliphatic rings. The lowest BCUT2D eigenvalue weighted by Crippen LogP contribution is -3.13. The molecule has 24 heavy (non-hydrogen) atoms. The molecule has 2 rings (SSSR count). The maximum atomic E-state index is 11.6. The summed E-state index contributed by atoms with van der Waals surface area (Å²) in [7, 11) is 0.